The van der Waals surface area contributed by atoms with Crippen molar-refractivity contribution in [2.75, 3.05) is 53.6 Å². The van der Waals surface area contributed by atoms with Crippen LogP contribution in [0.2, 0.25) is 0 Å². The number of hydrogen-bond acceptors (Lipinski definition) is 7. The van der Waals surface area contributed by atoms with E-state index in [4.69, 9.17) is 14.2 Å². The smallest absolute Gasteiger partial charge is 0.409 e. The molecule has 1 fully saturated rings. The first-order chi connectivity index (χ1) is 15.9. The third kappa shape index (κ3) is 5.48. The van der Waals surface area contributed by atoms with Gasteiger partial charge in [0.15, 0.2) is 0 Å². The van der Waals surface area contributed by atoms with Crippen molar-refractivity contribution in [3.63, 3.8) is 0 Å². The highest BCUT2D eigenvalue weighted by molar-refractivity contribution is 5.67. The molecule has 1 atom stereocenters. The van der Waals surface area contributed by atoms with Crippen molar-refractivity contribution in [1.82, 2.24) is 14.4 Å². The van der Waals surface area contributed by atoms with Crippen molar-refractivity contribution in [3.05, 3.63) is 57.5 Å². The summed E-state index contributed by atoms with van der Waals surface area (Å²) in [6, 6.07) is 8.62. The maximum absolute atomic E-state index is 13.6. The van der Waals surface area contributed by atoms with Gasteiger partial charge < -0.3 is 28.8 Å². The van der Waals surface area contributed by atoms with Crippen LogP contribution >= 0.6 is 0 Å². The lowest BCUT2D eigenvalue weighted by Crippen LogP contribution is -2.50. The highest BCUT2D eigenvalue weighted by Crippen LogP contribution is 2.34. The molecule has 2 aromatic rings. The molecular formula is C24H33N3O6. The van der Waals surface area contributed by atoms with Crippen molar-refractivity contribution in [1.29, 1.82) is 0 Å². The van der Waals surface area contributed by atoms with Gasteiger partial charge in [0.2, 0.25) is 0 Å². The summed E-state index contributed by atoms with van der Waals surface area (Å²) >= 11 is 0. The largest absolute Gasteiger partial charge is 0.507 e. The Bertz CT molecular complexity index is 996. The zero-order chi connectivity index (χ0) is 24.0. The molecule has 0 radical (unpaired) electrons. The summed E-state index contributed by atoms with van der Waals surface area (Å²) in [6.07, 6.45) is -0.335. The number of piperazine rings is 1. The van der Waals surface area contributed by atoms with Crippen LogP contribution in [0.25, 0.3) is 0 Å². The predicted octanol–water partition coefficient (Wildman–Crippen LogP) is 2.38. The Morgan fingerprint density at radius 3 is 2.36 bits per heavy atom. The summed E-state index contributed by atoms with van der Waals surface area (Å²) in [4.78, 5) is 29.5. The van der Waals surface area contributed by atoms with Gasteiger partial charge in [0.1, 0.15) is 11.5 Å². The molecule has 1 aliphatic heterocycles. The van der Waals surface area contributed by atoms with Gasteiger partial charge in [-0.15, -0.1) is 0 Å². The summed E-state index contributed by atoms with van der Waals surface area (Å²) in [5, 5.41) is 10.9. The molecule has 0 unspecified atom stereocenters. The lowest BCUT2D eigenvalue weighted by atomic mass is 9.96. The van der Waals surface area contributed by atoms with Crippen LogP contribution in [-0.4, -0.2) is 79.2 Å². The van der Waals surface area contributed by atoms with E-state index < -0.39 is 6.04 Å². The Kier molecular flexibility index (Phi) is 8.35. The van der Waals surface area contributed by atoms with Crippen LogP contribution < -0.4 is 10.3 Å². The van der Waals surface area contributed by atoms with E-state index in [9.17, 15) is 14.7 Å². The van der Waals surface area contributed by atoms with Gasteiger partial charge in [-0.25, -0.2) is 4.79 Å². The first kappa shape index (κ1) is 24.6. The van der Waals surface area contributed by atoms with Gasteiger partial charge in [-0.05, 0) is 37.6 Å². The molecule has 0 aliphatic carbocycles. The fraction of sp³-hybridized carbons (Fsp3) is 0.500. The van der Waals surface area contributed by atoms with Crippen molar-refractivity contribution >= 4 is 6.09 Å². The van der Waals surface area contributed by atoms with E-state index in [1.54, 1.807) is 43.6 Å². The fourth-order valence-corrected chi connectivity index (χ4v) is 4.21. The Labute approximate surface area is 194 Å². The van der Waals surface area contributed by atoms with E-state index in [2.05, 4.69) is 4.90 Å². The molecule has 0 bridgehead atoms. The maximum atomic E-state index is 13.6. The van der Waals surface area contributed by atoms with Crippen LogP contribution in [0.3, 0.4) is 0 Å². The molecule has 9 nitrogen and oxygen atoms in total. The molecule has 9 heteroatoms. The molecule has 1 N–H and O–H groups in total. The van der Waals surface area contributed by atoms with Crippen LogP contribution in [0, 0.1) is 6.92 Å². The average molecular weight is 460 g/mol. The SMILES string of the molecule is CCOC(=O)N1CCN([C@H](c2ccc(OC)cc2)c2c(O)cc(C)n(CCOC)c2=O)CC1. The van der Waals surface area contributed by atoms with Gasteiger partial charge in [-0.2, -0.15) is 0 Å². The molecule has 1 saturated heterocycles. The van der Waals surface area contributed by atoms with E-state index in [1.807, 2.05) is 24.3 Å². The van der Waals surface area contributed by atoms with E-state index in [-0.39, 0.29) is 17.4 Å². The summed E-state index contributed by atoms with van der Waals surface area (Å²) < 4.78 is 17.2. The van der Waals surface area contributed by atoms with Crippen molar-refractivity contribution in [2.24, 2.45) is 0 Å². The summed E-state index contributed by atoms with van der Waals surface area (Å²) in [5.74, 6) is 0.662. The van der Waals surface area contributed by atoms with Crippen molar-refractivity contribution in [3.8, 4) is 11.5 Å². The van der Waals surface area contributed by atoms with Gasteiger partial charge in [-0.1, -0.05) is 12.1 Å². The van der Waals surface area contributed by atoms with Crippen LogP contribution in [0.1, 0.15) is 29.8 Å². The topological polar surface area (TPSA) is 93.5 Å². The Hall–Kier alpha value is -3.04. The monoisotopic (exact) mass is 459 g/mol. The van der Waals surface area contributed by atoms with E-state index in [0.717, 1.165) is 5.56 Å². The zero-order valence-electron chi connectivity index (χ0n) is 19.7. The fourth-order valence-electron chi connectivity index (χ4n) is 4.21. The van der Waals surface area contributed by atoms with Gasteiger partial charge in [-0.3, -0.25) is 9.69 Å². The molecule has 2 heterocycles. The van der Waals surface area contributed by atoms with E-state index >= 15 is 0 Å². The minimum atomic E-state index is -0.484. The number of methoxy groups -OCH3 is 2. The number of carbonyl (C=O) groups is 1. The molecule has 0 spiro atoms. The third-order valence-corrected chi connectivity index (χ3v) is 5.95. The number of nitrogens with zero attached hydrogens (tertiary/aromatic N) is 3. The molecule has 1 aromatic carbocycles. The lowest BCUT2D eigenvalue weighted by Gasteiger charge is -2.39. The minimum absolute atomic E-state index is 0.0418. The van der Waals surface area contributed by atoms with Crippen LogP contribution in [0.5, 0.6) is 11.5 Å². The second kappa shape index (κ2) is 11.2. The Morgan fingerprint density at radius 1 is 1.12 bits per heavy atom. The molecule has 180 valence electrons. The summed E-state index contributed by atoms with van der Waals surface area (Å²) in [7, 11) is 3.19. The third-order valence-electron chi connectivity index (χ3n) is 5.95. The lowest BCUT2D eigenvalue weighted by molar-refractivity contribution is 0.0708. The minimum Gasteiger partial charge on any atom is -0.507 e. The number of hydrogen-bond donors (Lipinski definition) is 1. The van der Waals surface area contributed by atoms with Gasteiger partial charge in [0.05, 0.1) is 31.9 Å². The molecular weight excluding hydrogens is 426 g/mol. The molecule has 0 saturated carbocycles. The summed E-state index contributed by atoms with van der Waals surface area (Å²) in [5.41, 5.74) is 1.58. The van der Waals surface area contributed by atoms with Gasteiger partial charge in [0, 0.05) is 45.5 Å². The van der Waals surface area contributed by atoms with E-state index in [0.29, 0.717) is 62.9 Å². The van der Waals surface area contributed by atoms with Crippen LogP contribution in [0.15, 0.2) is 35.1 Å². The maximum Gasteiger partial charge on any atom is 0.409 e. The first-order valence-corrected chi connectivity index (χ1v) is 11.1. The van der Waals surface area contributed by atoms with Crippen LogP contribution in [0.4, 0.5) is 4.79 Å². The van der Waals surface area contributed by atoms with Crippen molar-refractivity contribution < 1.29 is 24.1 Å². The second-order valence-electron chi connectivity index (χ2n) is 7.93. The number of aromatic nitrogens is 1. The predicted molar refractivity (Wildman–Crippen MR) is 124 cm³/mol. The quantitative estimate of drug-likeness (QED) is 0.648. The molecule has 3 rings (SSSR count). The first-order valence-electron chi connectivity index (χ1n) is 11.1. The Balaban J connectivity index is 2.02. The number of carbonyl (C=O) groups excluding carboxylic acids is 1. The van der Waals surface area contributed by atoms with Crippen molar-refractivity contribution in [2.45, 2.75) is 26.4 Å². The average Bonchev–Trinajstić information content (AvgIpc) is 2.82. The van der Waals surface area contributed by atoms with E-state index in [1.165, 1.54) is 0 Å². The second-order valence-corrected chi connectivity index (χ2v) is 7.93. The number of aromatic hydroxyl groups is 1. The standard InChI is InChI=1S/C24H33N3O6/c1-5-33-24(30)26-12-10-25(11-13-26)22(18-6-8-19(32-4)9-7-18)21-20(28)16-17(2)27(23(21)29)14-15-31-3/h6-9,16,22,28H,5,10-15H2,1-4H3/t22-/m1/s1. The van der Waals surface area contributed by atoms with Crippen LogP contribution in [-0.2, 0) is 16.0 Å². The van der Waals surface area contributed by atoms with Gasteiger partial charge in [0.25, 0.3) is 5.56 Å². The highest BCUT2D eigenvalue weighted by Gasteiger charge is 2.32. The molecule has 1 aliphatic rings. The molecule has 1 amide bonds. The normalized spacial score (nSPS) is 15.3. The highest BCUT2D eigenvalue weighted by atomic mass is 16.6. The zero-order valence-corrected chi connectivity index (χ0v) is 19.7. The number of pyridine rings is 1. The summed E-state index contributed by atoms with van der Waals surface area (Å²) in [6.45, 7) is 6.67. The molecule has 33 heavy (non-hydrogen) atoms. The number of aryl methyl sites for hydroxylation is 1. The molecule has 1 aromatic heterocycles. The Morgan fingerprint density at radius 2 is 1.79 bits per heavy atom. The van der Waals surface area contributed by atoms with Gasteiger partial charge >= 0.3 is 6.09 Å². The number of amides is 1. The number of benzene rings is 1. The number of rotatable bonds is 8. The number of ether oxygens (including phenoxy) is 3.